The molecule has 0 spiro atoms. The number of hydrogen-bond donors (Lipinski definition) is 2. The van der Waals surface area contributed by atoms with Crippen molar-refractivity contribution in [3.05, 3.63) is 30.5 Å². The van der Waals surface area contributed by atoms with E-state index >= 15 is 0 Å². The van der Waals surface area contributed by atoms with Gasteiger partial charge in [-0.1, -0.05) is 38.1 Å². The van der Waals surface area contributed by atoms with Gasteiger partial charge in [0.25, 0.3) is 0 Å². The minimum Gasteiger partial charge on any atom is -0.458 e. The number of ketones is 1. The number of fused-ring (bicyclic) bond motifs is 1. The number of methoxy groups -OCH3 is 2. The van der Waals surface area contributed by atoms with E-state index in [1.807, 2.05) is 77.3 Å². The van der Waals surface area contributed by atoms with Gasteiger partial charge in [0.1, 0.15) is 29.9 Å². The molecule has 19 heteroatoms. The van der Waals surface area contributed by atoms with Crippen molar-refractivity contribution >= 4 is 35.7 Å². The predicted molar refractivity (Wildman–Crippen MR) is 243 cm³/mol. The molecule has 3 fully saturated rings. The lowest BCUT2D eigenvalue weighted by Crippen LogP contribution is -2.61. The first-order valence-corrected chi connectivity index (χ1v) is 23.4. The Kier molecular flexibility index (Phi) is 19.4. The van der Waals surface area contributed by atoms with Crippen LogP contribution in [0, 0.1) is 17.8 Å². The summed E-state index contributed by atoms with van der Waals surface area (Å²) >= 11 is 0.250. The van der Waals surface area contributed by atoms with E-state index in [9.17, 15) is 23.4 Å². The van der Waals surface area contributed by atoms with Gasteiger partial charge in [-0.3, -0.25) is 19.2 Å². The van der Waals surface area contributed by atoms with Crippen LogP contribution in [0.3, 0.4) is 0 Å². The average molecular weight is 924 g/mol. The van der Waals surface area contributed by atoms with Crippen molar-refractivity contribution in [3.63, 3.8) is 0 Å². The van der Waals surface area contributed by atoms with E-state index in [0.29, 0.717) is 51.0 Å². The van der Waals surface area contributed by atoms with Crippen LogP contribution in [0.4, 0.5) is 14.4 Å². The van der Waals surface area contributed by atoms with Crippen LogP contribution in [0.15, 0.2) is 30.5 Å². The van der Waals surface area contributed by atoms with E-state index in [4.69, 9.17) is 34.2 Å². The van der Waals surface area contributed by atoms with Gasteiger partial charge in [0.15, 0.2) is 23.5 Å². The van der Waals surface area contributed by atoms with Crippen LogP contribution in [0.2, 0.25) is 0 Å². The number of aromatic nitrogens is 3. The first-order valence-electron chi connectivity index (χ1n) is 22.3. The number of cyclic esters (lactones) is 1. The lowest BCUT2D eigenvalue weighted by molar-refractivity contribution is -0.341. The lowest BCUT2D eigenvalue weighted by atomic mass is 9.83. The quantitative estimate of drug-likeness (QED) is 0.0898. The number of carbonyl (C=O) groups is 3. The molecular formula is C45H74FN7O10S. The third-order valence-corrected chi connectivity index (χ3v) is 13.2. The average Bonchev–Trinajstić information content (AvgIpc) is 3.83. The van der Waals surface area contributed by atoms with Crippen LogP contribution >= 0.6 is 12.1 Å². The van der Waals surface area contributed by atoms with E-state index in [-0.39, 0.29) is 42.7 Å². The molecule has 1 aromatic carbocycles. The molecule has 0 aliphatic carbocycles. The van der Waals surface area contributed by atoms with Gasteiger partial charge in [0, 0.05) is 87.9 Å². The number of nitrogens with two attached hydrogens (primary N) is 1. The third kappa shape index (κ3) is 12.1. The van der Waals surface area contributed by atoms with Crippen molar-refractivity contribution in [2.45, 2.75) is 147 Å². The Balaban J connectivity index is 0.00000291. The Morgan fingerprint density at radius 2 is 1.73 bits per heavy atom. The van der Waals surface area contributed by atoms with E-state index in [1.165, 1.54) is 27.4 Å². The summed E-state index contributed by atoms with van der Waals surface area (Å²) in [7, 11) is 8.78. The second-order valence-electron chi connectivity index (χ2n) is 18.1. The second kappa shape index (κ2) is 23.3. The molecule has 4 heterocycles. The Labute approximate surface area is 383 Å². The summed E-state index contributed by atoms with van der Waals surface area (Å²) in [6.45, 7) is 14.4. The fourth-order valence-electron chi connectivity index (χ4n) is 9.71. The zero-order valence-corrected chi connectivity index (χ0v) is 40.9. The van der Waals surface area contributed by atoms with E-state index < -0.39 is 71.7 Å². The largest absolute Gasteiger partial charge is 0.458 e. The lowest BCUT2D eigenvalue weighted by Gasteiger charge is -2.47. The number of anilines is 1. The van der Waals surface area contributed by atoms with Crippen molar-refractivity contribution in [3.8, 4) is 11.3 Å². The van der Waals surface area contributed by atoms with Crippen molar-refractivity contribution in [1.82, 2.24) is 29.7 Å². The summed E-state index contributed by atoms with van der Waals surface area (Å²) in [4.78, 5) is 48.4. The van der Waals surface area contributed by atoms with Gasteiger partial charge in [-0.15, -0.1) is 5.10 Å². The Hall–Kier alpha value is -3.43. The van der Waals surface area contributed by atoms with Crippen LogP contribution in [0.1, 0.15) is 80.6 Å². The maximum Gasteiger partial charge on any atom is 0.410 e. The van der Waals surface area contributed by atoms with Gasteiger partial charge in [0.05, 0.1) is 18.3 Å². The number of amides is 1. The van der Waals surface area contributed by atoms with Gasteiger partial charge >= 0.3 is 12.1 Å². The van der Waals surface area contributed by atoms with Gasteiger partial charge in [0.2, 0.25) is 0 Å². The number of unbranched alkanes of at least 4 members (excludes halogenated alkanes) is 1. The highest BCUT2D eigenvalue weighted by molar-refractivity contribution is 7.93. The van der Waals surface area contributed by atoms with Crippen LogP contribution in [0.25, 0.3) is 11.3 Å². The highest BCUT2D eigenvalue weighted by Gasteiger charge is 2.59. The van der Waals surface area contributed by atoms with Crippen LogP contribution in [-0.4, -0.2) is 168 Å². The first kappa shape index (κ1) is 53.2. The van der Waals surface area contributed by atoms with Crippen LogP contribution in [0.5, 0.6) is 0 Å². The van der Waals surface area contributed by atoms with Gasteiger partial charge in [-0.2, -0.15) is 3.89 Å². The van der Waals surface area contributed by atoms with Crippen LogP contribution < -0.4 is 5.73 Å². The van der Waals surface area contributed by atoms with Gasteiger partial charge in [-0.05, 0) is 92.6 Å². The molecule has 3 unspecified atom stereocenters. The number of Topliss-reactive ketones (excluding diaryl/α,β-unsaturated/α-hetero) is 1. The molecule has 1 amide bonds. The smallest absolute Gasteiger partial charge is 0.410 e. The van der Waals surface area contributed by atoms with Crippen molar-refractivity contribution in [2.75, 3.05) is 60.4 Å². The highest BCUT2D eigenvalue weighted by atomic mass is 32.2. The number of aliphatic hydroxyl groups excluding tert-OH is 1. The molecule has 17 nitrogen and oxygen atoms in total. The number of ether oxygens (including phenoxy) is 6. The molecule has 3 saturated heterocycles. The number of aliphatic hydroxyl groups is 1. The topological polar surface area (TPSA) is 193 Å². The summed E-state index contributed by atoms with van der Waals surface area (Å²) in [5, 5.41) is 20.1. The molecule has 3 aliphatic heterocycles. The minimum atomic E-state index is -1.50. The summed E-state index contributed by atoms with van der Waals surface area (Å²) < 4.78 is 49.8. The molecule has 3 N–H and O–H groups in total. The fraction of sp³-hybridized carbons (Fsp3) is 0.756. The van der Waals surface area contributed by atoms with E-state index in [2.05, 4.69) is 29.1 Å². The Bertz CT molecular complexity index is 1820. The summed E-state index contributed by atoms with van der Waals surface area (Å²) in [6, 6.07) is 6.40. The van der Waals surface area contributed by atoms with Gasteiger partial charge < -0.3 is 49.1 Å². The number of nitrogen functional groups attached to an aromatic ring is 1. The number of nitrogens with zero attached hydrogens (tertiary/aromatic N) is 6. The van der Waals surface area contributed by atoms with E-state index in [0.717, 1.165) is 11.3 Å². The number of halogens is 1. The molecule has 1 aromatic heterocycles. The zero-order chi connectivity index (χ0) is 47.7. The van der Waals surface area contributed by atoms with Crippen molar-refractivity contribution < 1.29 is 51.8 Å². The predicted octanol–water partition coefficient (Wildman–Crippen LogP) is 5.44. The molecule has 3 aliphatic rings. The zero-order valence-electron chi connectivity index (χ0n) is 40.1. The minimum absolute atomic E-state index is 0.119. The molecule has 12 atom stereocenters. The van der Waals surface area contributed by atoms with Crippen LogP contribution in [-0.2, 0) is 44.6 Å². The monoisotopic (exact) mass is 924 g/mol. The van der Waals surface area contributed by atoms with Crippen molar-refractivity contribution in [2.24, 2.45) is 17.8 Å². The number of likely N-dealkylation sites (N-methyl/N-ethyl adjacent to an activating group) is 2. The van der Waals surface area contributed by atoms with Crippen molar-refractivity contribution in [1.29, 1.82) is 0 Å². The standard InChI is InChI=1S/C44H71N7O10.CH3FS/c1-13-35-43(7)38(51(42(55)61-43)20-15-14-19-50-25-33(46-47-50)31-17-16-18-32(45)22-31)30(6)49(10)24-26(2)23-44(56-11,57-12)39(28(4)36(52)29(5)40(54)59-35)60-41-37(53)34(48(8)9)21-27(3)58-41;1-3-2/h16-18,22,25-30,34-35,37-39,41,53H,13-15,19-21,23-24,45H2,1-12H3;1H3/t26-,27?,28+,29-,30-,34?,35-,37?,38-,39-,41+,43-;/m1./s1. The number of hydrogen-bond acceptors (Lipinski definition) is 16. The number of carbonyl (C=O) groups excluding carboxylic acids is 3. The Morgan fingerprint density at radius 1 is 1.08 bits per heavy atom. The SMILES string of the molecule is CC[C@H]1OC(=O)[C@H](C)C(=O)[C@H](C)[C@@H](O[C@@H]2OC(C)CC(N(C)C)C2O)C(OC)(OC)C[C@@H](C)CN(C)[C@H](C)[C@H]2N(CCCCn3cc(-c4cccc(N)c4)nn3)C(=O)O[C@]12C.CSF. The third-order valence-electron chi connectivity index (χ3n) is 13.2. The highest BCUT2D eigenvalue weighted by Crippen LogP contribution is 2.41. The first-order chi connectivity index (χ1) is 30.2. The molecular weight excluding hydrogens is 850 g/mol. The maximum absolute atomic E-state index is 14.5. The number of rotatable bonds is 12. The molecule has 0 bridgehead atoms. The van der Waals surface area contributed by atoms with E-state index in [1.54, 1.807) is 16.5 Å². The summed E-state index contributed by atoms with van der Waals surface area (Å²) in [6.07, 6.45) is 0.898. The molecule has 0 radical (unpaired) electrons. The summed E-state index contributed by atoms with van der Waals surface area (Å²) in [5.41, 5.74) is 6.97. The molecule has 5 rings (SSSR count). The maximum atomic E-state index is 14.5. The Morgan fingerprint density at radius 3 is 2.34 bits per heavy atom. The molecule has 0 saturated carbocycles. The summed E-state index contributed by atoms with van der Waals surface area (Å²) in [5.74, 6) is -5.04. The molecule has 64 heavy (non-hydrogen) atoms. The fourth-order valence-corrected chi connectivity index (χ4v) is 9.71. The van der Waals surface area contributed by atoms with Gasteiger partial charge in [-0.25, -0.2) is 4.79 Å². The number of benzene rings is 1. The second-order valence-corrected chi connectivity index (χ2v) is 18.4. The number of esters is 1. The normalized spacial score (nSPS) is 33.1. The molecule has 362 valence electrons. The number of aryl methyl sites for hydroxylation is 1. The molecule has 2 aromatic rings.